The highest BCUT2D eigenvalue weighted by Gasteiger charge is 2.08. The van der Waals surface area contributed by atoms with Crippen LogP contribution in [0.3, 0.4) is 0 Å². The van der Waals surface area contributed by atoms with Gasteiger partial charge in [0.2, 0.25) is 0 Å². The van der Waals surface area contributed by atoms with Crippen LogP contribution in [0.2, 0.25) is 0 Å². The number of aryl methyl sites for hydroxylation is 2. The number of aliphatic hydroxyl groups excluding tert-OH is 1. The van der Waals surface area contributed by atoms with Crippen LogP contribution in [0.4, 0.5) is 0 Å². The van der Waals surface area contributed by atoms with Crippen LogP contribution in [-0.2, 0) is 20.1 Å². The van der Waals surface area contributed by atoms with Gasteiger partial charge in [-0.1, -0.05) is 13.8 Å². The summed E-state index contributed by atoms with van der Waals surface area (Å²) in [6.07, 6.45) is 5.05. The van der Waals surface area contributed by atoms with Crippen LogP contribution >= 0.6 is 0 Å². The van der Waals surface area contributed by atoms with Gasteiger partial charge >= 0.3 is 0 Å². The van der Waals surface area contributed by atoms with Crippen LogP contribution < -0.4 is 10.00 Å². The summed E-state index contributed by atoms with van der Waals surface area (Å²) in [5, 5.41) is 12.1. The molecule has 1 rings (SSSR count). The van der Waals surface area contributed by atoms with Gasteiger partial charge in [0.05, 0.1) is 18.3 Å². The van der Waals surface area contributed by atoms with Crippen molar-refractivity contribution in [1.29, 1.82) is 0 Å². The van der Waals surface area contributed by atoms with Gasteiger partial charge in [0.15, 0.2) is 13.2 Å². The molecule has 0 amide bonds. The van der Waals surface area contributed by atoms with Gasteiger partial charge in [0.1, 0.15) is 0 Å². The Labute approximate surface area is 91.5 Å². The number of aromatic nitrogens is 2. The Bertz CT molecular complexity index is 294. The summed E-state index contributed by atoms with van der Waals surface area (Å²) < 4.78 is 4.18. The summed E-state index contributed by atoms with van der Waals surface area (Å²) in [7, 11) is 2.02. The van der Waals surface area contributed by atoms with Crippen molar-refractivity contribution in [2.45, 2.75) is 39.4 Å². The van der Waals surface area contributed by atoms with Gasteiger partial charge in [-0.2, -0.15) is 4.68 Å². The SMILES string of the molecule is CC(C)NCc1cn(CCCO)[n+](C)c1. The van der Waals surface area contributed by atoms with E-state index in [9.17, 15) is 0 Å². The van der Waals surface area contributed by atoms with Gasteiger partial charge in [-0.3, -0.25) is 0 Å². The smallest absolute Gasteiger partial charge is 0.199 e. The van der Waals surface area contributed by atoms with Crippen molar-refractivity contribution in [3.05, 3.63) is 18.0 Å². The number of hydrogen-bond donors (Lipinski definition) is 2. The Morgan fingerprint density at radius 1 is 1.53 bits per heavy atom. The lowest BCUT2D eigenvalue weighted by molar-refractivity contribution is -0.753. The van der Waals surface area contributed by atoms with E-state index in [1.165, 1.54) is 5.56 Å². The Hall–Kier alpha value is -0.870. The highest BCUT2D eigenvalue weighted by molar-refractivity contribution is 4.99. The van der Waals surface area contributed by atoms with Gasteiger partial charge < -0.3 is 10.4 Å². The maximum Gasteiger partial charge on any atom is 0.199 e. The molecule has 0 saturated carbocycles. The fourth-order valence-electron chi connectivity index (χ4n) is 1.50. The second kappa shape index (κ2) is 5.88. The van der Waals surface area contributed by atoms with Gasteiger partial charge in [-0.05, 0) is 6.42 Å². The number of hydrogen-bond acceptors (Lipinski definition) is 2. The first kappa shape index (κ1) is 12.2. The fourth-order valence-corrected chi connectivity index (χ4v) is 1.50. The first-order valence-electron chi connectivity index (χ1n) is 5.52. The molecule has 0 saturated heterocycles. The number of nitrogens with one attached hydrogen (secondary N) is 1. The topological polar surface area (TPSA) is 41.1 Å². The van der Waals surface area contributed by atoms with Crippen LogP contribution in [0.5, 0.6) is 0 Å². The summed E-state index contributed by atoms with van der Waals surface area (Å²) in [6.45, 7) is 6.30. The van der Waals surface area contributed by atoms with Crippen molar-refractivity contribution in [2.75, 3.05) is 6.61 Å². The standard InChI is InChI=1S/C11H22N3O/c1-10(2)12-7-11-8-13(3)14(9-11)5-4-6-15/h8-10,12,15H,4-7H2,1-3H3/q+1. The summed E-state index contributed by atoms with van der Waals surface area (Å²) in [4.78, 5) is 0. The predicted octanol–water partition coefficient (Wildman–Crippen LogP) is 0.193. The van der Waals surface area contributed by atoms with Crippen molar-refractivity contribution in [2.24, 2.45) is 7.05 Å². The van der Waals surface area contributed by atoms with Gasteiger partial charge in [-0.15, -0.1) is 4.68 Å². The average Bonchev–Trinajstić information content (AvgIpc) is 2.53. The predicted molar refractivity (Wildman–Crippen MR) is 59.3 cm³/mol. The number of rotatable bonds is 6. The third-order valence-electron chi connectivity index (χ3n) is 2.33. The largest absolute Gasteiger partial charge is 0.396 e. The van der Waals surface area contributed by atoms with Crippen molar-refractivity contribution >= 4 is 0 Å². The molecule has 86 valence electrons. The Kier molecular flexibility index (Phi) is 4.78. The fraction of sp³-hybridized carbons (Fsp3) is 0.727. The van der Waals surface area contributed by atoms with E-state index >= 15 is 0 Å². The molecule has 4 heteroatoms. The van der Waals surface area contributed by atoms with E-state index in [0.29, 0.717) is 6.04 Å². The van der Waals surface area contributed by atoms with Crippen molar-refractivity contribution < 1.29 is 9.79 Å². The highest BCUT2D eigenvalue weighted by Crippen LogP contribution is 1.97. The zero-order valence-electron chi connectivity index (χ0n) is 9.90. The highest BCUT2D eigenvalue weighted by atomic mass is 16.3. The van der Waals surface area contributed by atoms with E-state index in [1.54, 1.807) is 0 Å². The Morgan fingerprint density at radius 3 is 2.87 bits per heavy atom. The molecule has 1 aromatic rings. The molecule has 0 unspecified atom stereocenters. The second-order valence-electron chi connectivity index (χ2n) is 4.18. The molecule has 0 spiro atoms. The minimum Gasteiger partial charge on any atom is -0.396 e. The monoisotopic (exact) mass is 212 g/mol. The molecule has 15 heavy (non-hydrogen) atoms. The molecule has 1 heterocycles. The maximum atomic E-state index is 8.77. The number of nitrogens with zero attached hydrogens (tertiary/aromatic N) is 2. The molecule has 1 aromatic heterocycles. The van der Waals surface area contributed by atoms with Crippen molar-refractivity contribution in [3.63, 3.8) is 0 Å². The summed E-state index contributed by atoms with van der Waals surface area (Å²) in [5.74, 6) is 0. The van der Waals surface area contributed by atoms with Crippen LogP contribution in [-0.4, -0.2) is 22.4 Å². The lowest BCUT2D eigenvalue weighted by atomic mass is 10.3. The minimum atomic E-state index is 0.248. The lowest BCUT2D eigenvalue weighted by Crippen LogP contribution is -2.38. The maximum absolute atomic E-state index is 8.77. The van der Waals surface area contributed by atoms with E-state index in [1.807, 2.05) is 7.05 Å². The quantitative estimate of drug-likeness (QED) is 0.661. The lowest BCUT2D eigenvalue weighted by Gasteiger charge is -2.03. The molecular formula is C11H22N3O+. The number of aliphatic hydroxyl groups is 1. The molecule has 2 N–H and O–H groups in total. The first-order chi connectivity index (χ1) is 7.13. The Morgan fingerprint density at radius 2 is 2.27 bits per heavy atom. The van der Waals surface area contributed by atoms with E-state index in [2.05, 4.69) is 40.9 Å². The van der Waals surface area contributed by atoms with Gasteiger partial charge in [0, 0.05) is 19.2 Å². The minimum absolute atomic E-state index is 0.248. The molecule has 4 nitrogen and oxygen atoms in total. The molecule has 0 atom stereocenters. The zero-order chi connectivity index (χ0) is 11.3. The Balaban J connectivity index is 2.52. The molecule has 0 fully saturated rings. The van der Waals surface area contributed by atoms with Crippen LogP contribution in [0.15, 0.2) is 12.4 Å². The molecular weight excluding hydrogens is 190 g/mol. The van der Waals surface area contributed by atoms with E-state index < -0.39 is 0 Å². The van der Waals surface area contributed by atoms with Crippen LogP contribution in [0.25, 0.3) is 0 Å². The van der Waals surface area contributed by atoms with Gasteiger partial charge in [0.25, 0.3) is 0 Å². The van der Waals surface area contributed by atoms with Crippen LogP contribution in [0.1, 0.15) is 25.8 Å². The van der Waals surface area contributed by atoms with Crippen molar-refractivity contribution in [3.8, 4) is 0 Å². The summed E-state index contributed by atoms with van der Waals surface area (Å²) >= 11 is 0. The molecule has 0 bridgehead atoms. The second-order valence-corrected chi connectivity index (χ2v) is 4.18. The molecule has 0 aliphatic heterocycles. The van der Waals surface area contributed by atoms with E-state index in [4.69, 9.17) is 5.11 Å². The first-order valence-corrected chi connectivity index (χ1v) is 5.52. The molecule has 0 aliphatic rings. The zero-order valence-corrected chi connectivity index (χ0v) is 9.90. The molecule has 0 aliphatic carbocycles. The van der Waals surface area contributed by atoms with E-state index in [0.717, 1.165) is 19.5 Å². The van der Waals surface area contributed by atoms with Crippen LogP contribution in [0, 0.1) is 0 Å². The van der Waals surface area contributed by atoms with Crippen molar-refractivity contribution in [1.82, 2.24) is 10.00 Å². The summed E-state index contributed by atoms with van der Waals surface area (Å²) in [5.41, 5.74) is 1.28. The average molecular weight is 212 g/mol. The molecule has 0 aromatic carbocycles. The van der Waals surface area contributed by atoms with Gasteiger partial charge in [-0.25, -0.2) is 0 Å². The summed E-state index contributed by atoms with van der Waals surface area (Å²) in [6, 6.07) is 0.510. The normalized spacial score (nSPS) is 11.3. The molecule has 0 radical (unpaired) electrons. The van der Waals surface area contributed by atoms with E-state index in [-0.39, 0.29) is 6.61 Å². The third kappa shape index (κ3) is 4.01. The third-order valence-corrected chi connectivity index (χ3v) is 2.33.